The van der Waals surface area contributed by atoms with Crippen LogP contribution in [-0.2, 0) is 10.2 Å². The molecule has 1 aliphatic heterocycles. The molecule has 5 heteroatoms. The maximum atomic E-state index is 10.1. The lowest BCUT2D eigenvalue weighted by molar-refractivity contribution is 0.132. The molecule has 5 nitrogen and oxygen atoms in total. The Balaban J connectivity index is 1.31. The van der Waals surface area contributed by atoms with Crippen LogP contribution in [0, 0.1) is 0 Å². The van der Waals surface area contributed by atoms with Crippen LogP contribution in [0.15, 0.2) is 83.9 Å². The summed E-state index contributed by atoms with van der Waals surface area (Å²) in [6.07, 6.45) is -0.0235. The molecule has 32 heavy (non-hydrogen) atoms. The second-order valence-corrected chi connectivity index (χ2v) is 8.85. The van der Waals surface area contributed by atoms with Gasteiger partial charge >= 0.3 is 0 Å². The van der Waals surface area contributed by atoms with Gasteiger partial charge in [0.1, 0.15) is 29.2 Å². The van der Waals surface area contributed by atoms with Crippen LogP contribution in [-0.4, -0.2) is 22.1 Å². The first kappa shape index (κ1) is 18.9. The Labute approximate surface area is 186 Å². The molecule has 2 atom stereocenters. The number of aliphatic imine (C=N–C) groups is 1. The number of hydrogen-bond acceptors (Lipinski definition) is 5. The largest absolute Gasteiger partial charge is 0.506 e. The number of fused-ring (bicyclic) bond motifs is 4. The Morgan fingerprint density at radius 2 is 1.78 bits per heavy atom. The van der Waals surface area contributed by atoms with Crippen LogP contribution >= 0.6 is 0 Å². The summed E-state index contributed by atoms with van der Waals surface area (Å²) in [6.45, 7) is 4.44. The smallest absolute Gasteiger partial charge is 0.219 e. The predicted molar refractivity (Wildman–Crippen MR) is 124 cm³/mol. The number of hydrogen-bond donors (Lipinski definition) is 1. The normalized spacial score (nSPS) is 20.4. The number of aromatic hydroxyl groups is 1. The zero-order chi connectivity index (χ0) is 21.9. The van der Waals surface area contributed by atoms with Crippen LogP contribution < -0.4 is 4.74 Å². The maximum Gasteiger partial charge on any atom is 0.219 e. The average Bonchev–Trinajstić information content (AvgIpc) is 3.34. The second kappa shape index (κ2) is 6.82. The molecule has 6 rings (SSSR count). The van der Waals surface area contributed by atoms with Crippen molar-refractivity contribution in [1.82, 2.24) is 4.98 Å². The number of aromatic nitrogens is 1. The van der Waals surface area contributed by atoms with E-state index in [1.165, 1.54) is 11.1 Å². The van der Waals surface area contributed by atoms with Crippen LogP contribution in [0.2, 0.25) is 0 Å². The summed E-state index contributed by atoms with van der Waals surface area (Å²) < 4.78 is 12.4. The minimum Gasteiger partial charge on any atom is -0.506 e. The highest BCUT2D eigenvalue weighted by Crippen LogP contribution is 2.51. The Kier molecular flexibility index (Phi) is 4.02. The third-order valence-corrected chi connectivity index (χ3v) is 6.44. The summed E-state index contributed by atoms with van der Waals surface area (Å²) >= 11 is 0. The fraction of sp³-hybridized carbons (Fsp3) is 0.185. The molecule has 0 amide bonds. The minimum atomic E-state index is -0.113. The quantitative estimate of drug-likeness (QED) is 0.446. The Hall–Kier alpha value is -3.86. The van der Waals surface area contributed by atoms with E-state index in [0.717, 1.165) is 10.9 Å². The molecule has 0 saturated carbocycles. The van der Waals surface area contributed by atoms with E-state index in [0.29, 0.717) is 23.0 Å². The van der Waals surface area contributed by atoms with Gasteiger partial charge in [-0.1, -0.05) is 56.3 Å². The second-order valence-electron chi connectivity index (χ2n) is 8.85. The lowest BCUT2D eigenvalue weighted by Gasteiger charge is -2.26. The molecular formula is C27H22N2O3. The van der Waals surface area contributed by atoms with Crippen LogP contribution in [0.5, 0.6) is 17.4 Å². The number of para-hydroxylation sites is 1. The van der Waals surface area contributed by atoms with Gasteiger partial charge in [0.2, 0.25) is 11.8 Å². The minimum absolute atomic E-state index is 0.00547. The van der Waals surface area contributed by atoms with E-state index in [2.05, 4.69) is 43.1 Å². The average molecular weight is 422 g/mol. The van der Waals surface area contributed by atoms with Crippen LogP contribution in [0.4, 0.5) is 0 Å². The lowest BCUT2D eigenvalue weighted by Crippen LogP contribution is -2.32. The topological polar surface area (TPSA) is 63.9 Å². The Morgan fingerprint density at radius 3 is 2.69 bits per heavy atom. The van der Waals surface area contributed by atoms with E-state index in [4.69, 9.17) is 14.5 Å². The van der Waals surface area contributed by atoms with Gasteiger partial charge in [0, 0.05) is 22.4 Å². The molecule has 0 saturated heterocycles. The highest BCUT2D eigenvalue weighted by Gasteiger charge is 2.51. The van der Waals surface area contributed by atoms with E-state index in [1.54, 1.807) is 18.2 Å². The van der Waals surface area contributed by atoms with E-state index in [1.807, 2.05) is 36.4 Å². The third kappa shape index (κ3) is 2.85. The fourth-order valence-electron chi connectivity index (χ4n) is 4.81. The number of benzene rings is 3. The summed E-state index contributed by atoms with van der Waals surface area (Å²) in [7, 11) is 0. The molecule has 0 fully saturated rings. The van der Waals surface area contributed by atoms with E-state index in [-0.39, 0.29) is 23.3 Å². The van der Waals surface area contributed by atoms with Crippen molar-refractivity contribution in [2.24, 2.45) is 4.99 Å². The van der Waals surface area contributed by atoms with Crippen molar-refractivity contribution in [1.29, 1.82) is 0 Å². The van der Waals surface area contributed by atoms with Gasteiger partial charge in [0.15, 0.2) is 0 Å². The van der Waals surface area contributed by atoms with Crippen molar-refractivity contribution >= 4 is 16.8 Å². The van der Waals surface area contributed by atoms with Gasteiger partial charge in [0.25, 0.3) is 0 Å². The first-order valence-corrected chi connectivity index (χ1v) is 10.7. The van der Waals surface area contributed by atoms with Gasteiger partial charge in [-0.05, 0) is 41.5 Å². The van der Waals surface area contributed by atoms with Crippen LogP contribution in [0.25, 0.3) is 10.9 Å². The standard InChI is InChI=1S/C27H22N2O3/c1-27(2)20-11-4-3-10-19(20)24-25(27)32-26(29-24)17-8-5-9-18(15-17)31-22-14-13-16-7-6-12-21(30)23(16)28-22/h3-15,24-25,30H,1-2H3/t24-,25-/m0/s1. The zero-order valence-electron chi connectivity index (χ0n) is 17.8. The molecule has 158 valence electrons. The molecule has 1 aliphatic carbocycles. The first-order chi connectivity index (χ1) is 15.5. The molecule has 0 bridgehead atoms. The van der Waals surface area contributed by atoms with Crippen molar-refractivity contribution < 1.29 is 14.6 Å². The summed E-state index contributed by atoms with van der Waals surface area (Å²) in [5.74, 6) is 1.81. The monoisotopic (exact) mass is 422 g/mol. The first-order valence-electron chi connectivity index (χ1n) is 10.7. The van der Waals surface area contributed by atoms with Crippen LogP contribution in [0.1, 0.15) is 36.6 Å². The molecule has 1 N–H and O–H groups in total. The number of nitrogens with zero attached hydrogens (tertiary/aromatic N) is 2. The molecule has 3 aromatic carbocycles. The van der Waals surface area contributed by atoms with Gasteiger partial charge in [-0.15, -0.1) is 0 Å². The Morgan fingerprint density at radius 1 is 0.938 bits per heavy atom. The molecular weight excluding hydrogens is 400 g/mol. The van der Waals surface area contributed by atoms with E-state index >= 15 is 0 Å². The van der Waals surface area contributed by atoms with Crippen LogP contribution in [0.3, 0.4) is 0 Å². The predicted octanol–water partition coefficient (Wildman–Crippen LogP) is 5.91. The molecule has 0 spiro atoms. The molecule has 2 aliphatic rings. The highest BCUT2D eigenvalue weighted by molar-refractivity contribution is 5.96. The highest BCUT2D eigenvalue weighted by atomic mass is 16.5. The van der Waals surface area contributed by atoms with E-state index in [9.17, 15) is 5.11 Å². The molecule has 4 aromatic rings. The van der Waals surface area contributed by atoms with Gasteiger partial charge in [0.05, 0.1) is 0 Å². The van der Waals surface area contributed by atoms with Crippen molar-refractivity contribution in [3.8, 4) is 17.4 Å². The van der Waals surface area contributed by atoms with Crippen molar-refractivity contribution in [2.45, 2.75) is 31.4 Å². The lowest BCUT2D eigenvalue weighted by atomic mass is 9.84. The number of pyridine rings is 1. The number of ether oxygens (including phenoxy) is 2. The maximum absolute atomic E-state index is 10.1. The van der Waals surface area contributed by atoms with Gasteiger partial charge in [-0.2, -0.15) is 0 Å². The zero-order valence-corrected chi connectivity index (χ0v) is 17.8. The fourth-order valence-corrected chi connectivity index (χ4v) is 4.81. The van der Waals surface area contributed by atoms with Crippen molar-refractivity contribution in [3.05, 3.63) is 95.6 Å². The summed E-state index contributed by atoms with van der Waals surface area (Å²) in [5, 5.41) is 10.9. The summed E-state index contributed by atoms with van der Waals surface area (Å²) in [5.41, 5.74) is 3.82. The molecule has 1 aromatic heterocycles. The molecule has 0 radical (unpaired) electrons. The number of phenols is 1. The molecule has 0 unspecified atom stereocenters. The SMILES string of the molecule is CC1(C)c2ccccc2[C@@H]2N=C(c3cccc(Oc4ccc5cccc(O)c5n4)c3)O[C@@H]21. The van der Waals surface area contributed by atoms with Gasteiger partial charge in [-0.25, -0.2) is 9.98 Å². The number of rotatable bonds is 3. The Bertz CT molecular complexity index is 1390. The number of phenolic OH excluding ortho intramolecular Hbond substituents is 1. The summed E-state index contributed by atoms with van der Waals surface area (Å²) in [6, 6.07) is 25.1. The van der Waals surface area contributed by atoms with Gasteiger partial charge in [-0.3, -0.25) is 0 Å². The third-order valence-electron chi connectivity index (χ3n) is 6.44. The van der Waals surface area contributed by atoms with Crippen molar-refractivity contribution in [3.63, 3.8) is 0 Å². The van der Waals surface area contributed by atoms with E-state index < -0.39 is 0 Å². The molecule has 2 heterocycles. The van der Waals surface area contributed by atoms with Crippen molar-refractivity contribution in [2.75, 3.05) is 0 Å². The van der Waals surface area contributed by atoms with Gasteiger partial charge < -0.3 is 14.6 Å². The summed E-state index contributed by atoms with van der Waals surface area (Å²) in [4.78, 5) is 9.40.